The maximum atomic E-state index is 11.9. The molecule has 0 radical (unpaired) electrons. The molecule has 2 aromatic rings. The summed E-state index contributed by atoms with van der Waals surface area (Å²) in [5.41, 5.74) is 4.34. The highest BCUT2D eigenvalue weighted by atomic mass is 16.7. The normalized spacial score (nSPS) is 19.9. The molecule has 0 aromatic carbocycles. The Morgan fingerprint density at radius 2 is 2.21 bits per heavy atom. The fourth-order valence-corrected chi connectivity index (χ4v) is 4.51. The minimum atomic E-state index is -0.744. The van der Waals surface area contributed by atoms with Crippen LogP contribution in [0.4, 0.5) is 4.79 Å². The van der Waals surface area contributed by atoms with Crippen molar-refractivity contribution in [3.05, 3.63) is 23.0 Å². The number of aryl methyl sites for hydroxylation is 1. The molecule has 0 amide bonds. The number of H-pyrrole nitrogens is 1. The van der Waals surface area contributed by atoms with Crippen LogP contribution in [0.25, 0.3) is 10.9 Å². The number of aromatic amines is 1. The second-order valence-electron chi connectivity index (χ2n) is 7.57. The van der Waals surface area contributed by atoms with Gasteiger partial charge in [-0.3, -0.25) is 4.90 Å². The number of hydrogen-bond donors (Lipinski definition) is 1. The standard InChI is InChI=1S/C21H29N3O5/c1-3-28-21(25)29-20-15(13-26-2)19-17(11-22-20)23-16-6-4-5-14(18(16)19)12-24-7-9-27-10-8-24/h11,14,23H,3-10,12-13H2,1-2H3. The van der Waals surface area contributed by atoms with Crippen molar-refractivity contribution in [1.29, 1.82) is 0 Å². The van der Waals surface area contributed by atoms with E-state index in [1.54, 1.807) is 20.2 Å². The average Bonchev–Trinajstić information content (AvgIpc) is 3.11. The molecule has 2 aromatic heterocycles. The number of pyridine rings is 1. The Hall–Kier alpha value is -2.16. The van der Waals surface area contributed by atoms with Gasteiger partial charge in [0.1, 0.15) is 0 Å². The van der Waals surface area contributed by atoms with E-state index in [1.807, 2.05) is 0 Å². The summed E-state index contributed by atoms with van der Waals surface area (Å²) in [5.74, 6) is 0.675. The molecule has 1 atom stereocenters. The lowest BCUT2D eigenvalue weighted by Gasteiger charge is -2.32. The maximum Gasteiger partial charge on any atom is 0.515 e. The Morgan fingerprint density at radius 3 is 2.97 bits per heavy atom. The van der Waals surface area contributed by atoms with Gasteiger partial charge in [0.15, 0.2) is 0 Å². The molecule has 4 rings (SSSR count). The van der Waals surface area contributed by atoms with Gasteiger partial charge in [-0.25, -0.2) is 9.78 Å². The third-order valence-electron chi connectivity index (χ3n) is 5.72. The van der Waals surface area contributed by atoms with Crippen LogP contribution in [0.2, 0.25) is 0 Å². The summed E-state index contributed by atoms with van der Waals surface area (Å²) < 4.78 is 21.3. The van der Waals surface area contributed by atoms with Crippen molar-refractivity contribution < 1.29 is 23.7 Å². The average molecular weight is 403 g/mol. The first-order valence-corrected chi connectivity index (χ1v) is 10.4. The van der Waals surface area contributed by atoms with Crippen molar-refractivity contribution >= 4 is 17.1 Å². The number of methoxy groups -OCH3 is 1. The van der Waals surface area contributed by atoms with E-state index >= 15 is 0 Å². The van der Waals surface area contributed by atoms with Crippen LogP contribution in [0.5, 0.6) is 5.88 Å². The number of nitrogens with one attached hydrogen (secondary N) is 1. The second kappa shape index (κ2) is 9.11. The van der Waals surface area contributed by atoms with Crippen LogP contribution < -0.4 is 4.74 Å². The molecule has 1 unspecified atom stereocenters. The molecule has 2 aliphatic rings. The molecule has 8 heteroatoms. The monoisotopic (exact) mass is 403 g/mol. The molecule has 1 aliphatic heterocycles. The van der Waals surface area contributed by atoms with Gasteiger partial charge in [-0.1, -0.05) is 0 Å². The van der Waals surface area contributed by atoms with Crippen molar-refractivity contribution in [3.8, 4) is 5.88 Å². The van der Waals surface area contributed by atoms with E-state index in [2.05, 4.69) is 14.9 Å². The fraction of sp³-hybridized carbons (Fsp3) is 0.619. The summed E-state index contributed by atoms with van der Waals surface area (Å²) >= 11 is 0. The Morgan fingerprint density at radius 1 is 1.38 bits per heavy atom. The highest BCUT2D eigenvalue weighted by molar-refractivity contribution is 5.90. The molecular weight excluding hydrogens is 374 g/mol. The molecule has 29 heavy (non-hydrogen) atoms. The van der Waals surface area contributed by atoms with Crippen LogP contribution in [0.15, 0.2) is 6.20 Å². The largest absolute Gasteiger partial charge is 0.515 e. The molecule has 1 fully saturated rings. The summed E-state index contributed by atoms with van der Waals surface area (Å²) in [6, 6.07) is 0. The molecule has 0 bridgehead atoms. The van der Waals surface area contributed by atoms with Crippen molar-refractivity contribution in [2.45, 2.75) is 38.7 Å². The van der Waals surface area contributed by atoms with Crippen LogP contribution in [0.3, 0.4) is 0 Å². The Balaban J connectivity index is 1.73. The highest BCUT2D eigenvalue weighted by Crippen LogP contribution is 2.41. The first-order valence-electron chi connectivity index (χ1n) is 10.4. The smallest absolute Gasteiger partial charge is 0.434 e. The lowest BCUT2D eigenvalue weighted by molar-refractivity contribution is 0.0343. The van der Waals surface area contributed by atoms with Gasteiger partial charge >= 0.3 is 6.16 Å². The maximum absolute atomic E-state index is 11.9. The zero-order chi connectivity index (χ0) is 20.2. The molecule has 0 spiro atoms. The van der Waals surface area contributed by atoms with Crippen LogP contribution in [-0.4, -0.2) is 67.6 Å². The number of nitrogens with zero attached hydrogens (tertiary/aromatic N) is 2. The summed E-state index contributed by atoms with van der Waals surface area (Å²) in [6.45, 7) is 6.85. The number of aromatic nitrogens is 2. The third kappa shape index (κ3) is 4.24. The van der Waals surface area contributed by atoms with Gasteiger partial charge in [0, 0.05) is 37.8 Å². The first kappa shape index (κ1) is 20.1. The van der Waals surface area contributed by atoms with E-state index in [0.29, 0.717) is 12.5 Å². The van der Waals surface area contributed by atoms with E-state index in [9.17, 15) is 4.79 Å². The predicted octanol–water partition coefficient (Wildman–Crippen LogP) is 3.00. The van der Waals surface area contributed by atoms with Gasteiger partial charge < -0.3 is 23.9 Å². The molecule has 158 valence electrons. The van der Waals surface area contributed by atoms with Crippen LogP contribution in [-0.2, 0) is 27.2 Å². The van der Waals surface area contributed by atoms with Gasteiger partial charge in [0.05, 0.1) is 43.7 Å². The van der Waals surface area contributed by atoms with Crippen LogP contribution >= 0.6 is 0 Å². The SMILES string of the molecule is CCOC(=O)Oc1ncc2[nH]c3c(c2c1COC)C(CN1CCOCC1)CCC3. The highest BCUT2D eigenvalue weighted by Gasteiger charge is 2.30. The lowest BCUT2D eigenvalue weighted by atomic mass is 9.84. The van der Waals surface area contributed by atoms with E-state index in [-0.39, 0.29) is 12.5 Å². The minimum Gasteiger partial charge on any atom is -0.434 e. The molecular formula is C21H29N3O5. The second-order valence-corrected chi connectivity index (χ2v) is 7.57. The Kier molecular flexibility index (Phi) is 6.32. The fourth-order valence-electron chi connectivity index (χ4n) is 4.51. The van der Waals surface area contributed by atoms with E-state index in [1.165, 1.54) is 11.3 Å². The van der Waals surface area contributed by atoms with Gasteiger partial charge in [-0.05, 0) is 37.7 Å². The number of carbonyl (C=O) groups is 1. The molecule has 3 heterocycles. The number of carbonyl (C=O) groups excluding carboxylic acids is 1. The summed E-state index contributed by atoms with van der Waals surface area (Å²) in [6.07, 6.45) is 4.32. The van der Waals surface area contributed by atoms with E-state index in [4.69, 9.17) is 18.9 Å². The van der Waals surface area contributed by atoms with Gasteiger partial charge in [-0.2, -0.15) is 0 Å². The summed E-state index contributed by atoms with van der Waals surface area (Å²) in [7, 11) is 1.64. The first-order chi connectivity index (χ1) is 14.2. The molecule has 1 aliphatic carbocycles. The number of hydrogen-bond acceptors (Lipinski definition) is 7. The van der Waals surface area contributed by atoms with Gasteiger partial charge in [0.25, 0.3) is 0 Å². The molecule has 8 nitrogen and oxygen atoms in total. The zero-order valence-corrected chi connectivity index (χ0v) is 17.2. The van der Waals surface area contributed by atoms with Crippen LogP contribution in [0, 0.1) is 0 Å². The molecule has 1 saturated heterocycles. The third-order valence-corrected chi connectivity index (χ3v) is 5.72. The number of rotatable bonds is 6. The van der Waals surface area contributed by atoms with E-state index in [0.717, 1.165) is 68.6 Å². The zero-order valence-electron chi connectivity index (χ0n) is 17.2. The minimum absolute atomic E-state index is 0.252. The predicted molar refractivity (Wildman–Crippen MR) is 107 cm³/mol. The van der Waals surface area contributed by atoms with Gasteiger partial charge in [-0.15, -0.1) is 0 Å². The molecule has 0 saturated carbocycles. The quantitative estimate of drug-likeness (QED) is 0.742. The number of ether oxygens (including phenoxy) is 4. The molecule has 1 N–H and O–H groups in total. The Labute approximate surface area is 170 Å². The number of morpholine rings is 1. The van der Waals surface area contributed by atoms with Crippen molar-refractivity contribution in [1.82, 2.24) is 14.9 Å². The topological polar surface area (TPSA) is 85.9 Å². The lowest BCUT2D eigenvalue weighted by Crippen LogP contribution is -2.39. The van der Waals surface area contributed by atoms with Crippen molar-refractivity contribution in [3.63, 3.8) is 0 Å². The Bertz CT molecular complexity index is 860. The van der Waals surface area contributed by atoms with Gasteiger partial charge in [0.2, 0.25) is 5.88 Å². The van der Waals surface area contributed by atoms with Crippen molar-refractivity contribution in [2.24, 2.45) is 0 Å². The number of fused-ring (bicyclic) bond motifs is 3. The van der Waals surface area contributed by atoms with Crippen molar-refractivity contribution in [2.75, 3.05) is 46.6 Å². The summed E-state index contributed by atoms with van der Waals surface area (Å²) in [4.78, 5) is 22.3. The summed E-state index contributed by atoms with van der Waals surface area (Å²) in [5, 5.41) is 1.08. The van der Waals surface area contributed by atoms with E-state index < -0.39 is 6.16 Å². The van der Waals surface area contributed by atoms with Crippen LogP contribution in [0.1, 0.15) is 42.5 Å².